The normalized spacial score (nSPS) is 30.8. The van der Waals surface area contributed by atoms with Gasteiger partial charge in [-0.1, -0.05) is 22.9 Å². The van der Waals surface area contributed by atoms with Crippen molar-refractivity contribution in [2.75, 3.05) is 6.61 Å². The molecule has 142 valence electrons. The number of aromatic amines is 1. The number of carboxylic acids is 1. The second-order valence-corrected chi connectivity index (χ2v) is 10.2. The Morgan fingerprint density at radius 3 is 2.96 bits per heavy atom. The Hall–Kier alpha value is -1.44. The van der Waals surface area contributed by atoms with Gasteiger partial charge < -0.3 is 14.8 Å². The summed E-state index contributed by atoms with van der Waals surface area (Å²) in [7, 11) is 0. The van der Waals surface area contributed by atoms with Gasteiger partial charge in [-0.15, -0.1) is 11.8 Å². The van der Waals surface area contributed by atoms with Crippen molar-refractivity contribution < 1.29 is 14.6 Å². The number of fused-ring (bicyclic) bond motifs is 6. The first kappa shape index (κ1) is 17.6. The number of aliphatic carboxylic acids is 1. The van der Waals surface area contributed by atoms with E-state index in [1.807, 2.05) is 17.8 Å². The molecule has 0 saturated heterocycles. The summed E-state index contributed by atoms with van der Waals surface area (Å²) in [5.41, 5.74) is 0.906. The molecular weight excluding hydrogens is 406 g/mol. The summed E-state index contributed by atoms with van der Waals surface area (Å²) in [6.07, 6.45) is 3.72. The molecule has 2 aliphatic carbocycles. The molecule has 0 unspecified atom stereocenters. The summed E-state index contributed by atoms with van der Waals surface area (Å²) < 4.78 is 5.61. The monoisotopic (exact) mass is 423 g/mol. The van der Waals surface area contributed by atoms with Crippen molar-refractivity contribution in [2.24, 2.45) is 17.8 Å². The summed E-state index contributed by atoms with van der Waals surface area (Å²) in [6.45, 7) is -0.396. The third-order valence-corrected chi connectivity index (χ3v) is 8.98. The molecule has 5 rings (SSSR count). The summed E-state index contributed by atoms with van der Waals surface area (Å²) >= 11 is 9.40. The molecule has 0 radical (unpaired) electrons. The van der Waals surface area contributed by atoms with Crippen molar-refractivity contribution in [2.45, 2.75) is 35.5 Å². The smallest absolute Gasteiger partial charge is 0.341 e. The van der Waals surface area contributed by atoms with Crippen LogP contribution in [0.1, 0.15) is 35.6 Å². The van der Waals surface area contributed by atoms with Crippen molar-refractivity contribution in [3.05, 3.63) is 43.3 Å². The van der Waals surface area contributed by atoms with E-state index in [2.05, 4.69) is 4.98 Å². The van der Waals surface area contributed by atoms with Gasteiger partial charge in [-0.05, 0) is 55.2 Å². The summed E-state index contributed by atoms with van der Waals surface area (Å²) in [5, 5.41) is 11.1. The maximum atomic E-state index is 12.1. The van der Waals surface area contributed by atoms with Crippen LogP contribution in [0.15, 0.2) is 28.0 Å². The van der Waals surface area contributed by atoms with Crippen molar-refractivity contribution in [1.82, 2.24) is 4.98 Å². The van der Waals surface area contributed by atoms with Gasteiger partial charge in [0.15, 0.2) is 6.61 Å². The van der Waals surface area contributed by atoms with E-state index in [9.17, 15) is 9.59 Å². The molecule has 8 heteroatoms. The fourth-order valence-electron chi connectivity index (χ4n) is 5.23. The second kappa shape index (κ2) is 6.57. The Bertz CT molecular complexity index is 971. The highest BCUT2D eigenvalue weighted by atomic mass is 35.5. The molecule has 3 aliphatic rings. The fourth-order valence-corrected chi connectivity index (χ4v) is 8.30. The van der Waals surface area contributed by atoms with Crippen LogP contribution >= 0.6 is 34.7 Å². The van der Waals surface area contributed by atoms with Crippen LogP contribution in [0.3, 0.4) is 0 Å². The van der Waals surface area contributed by atoms with Crippen LogP contribution in [0.25, 0.3) is 0 Å². The Labute approximate surface area is 169 Å². The molecule has 2 heterocycles. The number of thiazole rings is 1. The third-order valence-electron chi connectivity index (χ3n) is 6.12. The highest BCUT2D eigenvalue weighted by Gasteiger charge is 2.55. The van der Waals surface area contributed by atoms with Crippen LogP contribution in [0, 0.1) is 17.8 Å². The first-order valence-corrected chi connectivity index (χ1v) is 11.1. The van der Waals surface area contributed by atoms with Gasteiger partial charge in [-0.3, -0.25) is 4.79 Å². The van der Waals surface area contributed by atoms with E-state index in [1.54, 1.807) is 12.1 Å². The van der Waals surface area contributed by atoms with Gasteiger partial charge in [-0.25, -0.2) is 4.79 Å². The molecule has 1 aromatic heterocycles. The molecule has 27 heavy (non-hydrogen) atoms. The van der Waals surface area contributed by atoms with Crippen molar-refractivity contribution in [3.8, 4) is 5.75 Å². The molecule has 2 saturated carbocycles. The molecule has 2 N–H and O–H groups in total. The number of ether oxygens (including phenoxy) is 1. The van der Waals surface area contributed by atoms with Crippen LogP contribution < -0.4 is 9.61 Å². The SMILES string of the molecule is O=C(O)COc1ccc(Cl)cc1[C@H]1c2sc(=O)[nH]c2S[C@H]2[C@@H]3CC[C@H](C3)[C@H]12. The van der Waals surface area contributed by atoms with E-state index in [4.69, 9.17) is 21.4 Å². The fraction of sp³-hybridized carbons (Fsp3) is 0.474. The van der Waals surface area contributed by atoms with Crippen LogP contribution in [0.4, 0.5) is 0 Å². The summed E-state index contributed by atoms with van der Waals surface area (Å²) in [4.78, 5) is 27.1. The van der Waals surface area contributed by atoms with Gasteiger partial charge in [0.25, 0.3) is 0 Å². The Morgan fingerprint density at radius 2 is 2.15 bits per heavy atom. The van der Waals surface area contributed by atoms with Crippen LogP contribution in [-0.2, 0) is 4.79 Å². The van der Waals surface area contributed by atoms with E-state index in [1.165, 1.54) is 30.6 Å². The molecule has 5 nitrogen and oxygen atoms in total. The van der Waals surface area contributed by atoms with E-state index in [0.29, 0.717) is 33.8 Å². The molecular formula is C19H18ClNO4S2. The van der Waals surface area contributed by atoms with Crippen LogP contribution in [-0.4, -0.2) is 27.9 Å². The quantitative estimate of drug-likeness (QED) is 0.770. The van der Waals surface area contributed by atoms with Gasteiger partial charge in [-0.2, -0.15) is 0 Å². The number of halogens is 1. The van der Waals surface area contributed by atoms with Gasteiger partial charge in [0.1, 0.15) is 5.75 Å². The first-order chi connectivity index (χ1) is 13.0. The van der Waals surface area contributed by atoms with Crippen LogP contribution in [0.5, 0.6) is 5.75 Å². The zero-order chi connectivity index (χ0) is 18.7. The van der Waals surface area contributed by atoms with E-state index >= 15 is 0 Å². The maximum Gasteiger partial charge on any atom is 0.341 e. The number of carbonyl (C=O) groups is 1. The second-order valence-electron chi connectivity index (χ2n) is 7.54. The lowest BCUT2D eigenvalue weighted by atomic mass is 9.74. The molecule has 5 atom stereocenters. The lowest BCUT2D eigenvalue weighted by Gasteiger charge is -2.40. The minimum absolute atomic E-state index is 0.0213. The highest BCUT2D eigenvalue weighted by molar-refractivity contribution is 8.00. The Morgan fingerprint density at radius 1 is 1.33 bits per heavy atom. The van der Waals surface area contributed by atoms with Crippen LogP contribution in [0.2, 0.25) is 5.02 Å². The zero-order valence-electron chi connectivity index (χ0n) is 14.3. The molecule has 1 aromatic carbocycles. The van der Waals surface area contributed by atoms with E-state index in [-0.39, 0.29) is 10.8 Å². The summed E-state index contributed by atoms with van der Waals surface area (Å²) in [5.74, 6) is 1.30. The van der Waals surface area contributed by atoms with E-state index in [0.717, 1.165) is 15.5 Å². The number of carboxylic acid groups (broad SMARTS) is 1. The van der Waals surface area contributed by atoms with E-state index < -0.39 is 12.6 Å². The third kappa shape index (κ3) is 2.91. The molecule has 2 aromatic rings. The van der Waals surface area contributed by atoms with Gasteiger partial charge in [0, 0.05) is 26.6 Å². The first-order valence-electron chi connectivity index (χ1n) is 9.05. The molecule has 2 bridgehead atoms. The van der Waals surface area contributed by atoms with Crippen molar-refractivity contribution >= 4 is 40.7 Å². The average Bonchev–Trinajstić information content (AvgIpc) is 3.32. The van der Waals surface area contributed by atoms with Gasteiger partial charge in [0.05, 0.1) is 5.03 Å². The van der Waals surface area contributed by atoms with Gasteiger partial charge >= 0.3 is 10.8 Å². The minimum Gasteiger partial charge on any atom is -0.482 e. The molecule has 2 fully saturated rings. The average molecular weight is 424 g/mol. The van der Waals surface area contributed by atoms with Crippen molar-refractivity contribution in [3.63, 3.8) is 0 Å². The number of benzene rings is 1. The topological polar surface area (TPSA) is 79.4 Å². The zero-order valence-corrected chi connectivity index (χ0v) is 16.7. The van der Waals surface area contributed by atoms with Crippen molar-refractivity contribution in [1.29, 1.82) is 0 Å². The Balaban J connectivity index is 1.65. The number of aromatic nitrogens is 1. The predicted molar refractivity (Wildman–Crippen MR) is 105 cm³/mol. The predicted octanol–water partition coefficient (Wildman–Crippen LogP) is 4.21. The largest absolute Gasteiger partial charge is 0.482 e. The number of thioether (sulfide) groups is 1. The number of H-pyrrole nitrogens is 1. The lowest BCUT2D eigenvalue weighted by Crippen LogP contribution is -2.34. The lowest BCUT2D eigenvalue weighted by molar-refractivity contribution is -0.139. The number of hydrogen-bond acceptors (Lipinski definition) is 5. The molecule has 1 aliphatic heterocycles. The highest BCUT2D eigenvalue weighted by Crippen LogP contribution is 2.64. The minimum atomic E-state index is -1.01. The maximum absolute atomic E-state index is 12.1. The molecule has 0 spiro atoms. The summed E-state index contributed by atoms with van der Waals surface area (Å²) in [6, 6.07) is 5.36. The number of nitrogens with one attached hydrogen (secondary N) is 1. The Kier molecular flexibility index (Phi) is 4.29. The van der Waals surface area contributed by atoms with Gasteiger partial charge in [0.2, 0.25) is 0 Å². The number of rotatable bonds is 4. The standard InChI is InChI=1S/C19H18ClNO4S2/c20-10-3-4-12(25-7-13(22)23)11(6-10)15-14-8-1-2-9(5-8)16(14)26-18-17(15)27-19(24)21-18/h3-4,6,8-9,14-16H,1-2,5,7H2,(H,21,24)(H,22,23)/t8-,9-,14-,15-,16+/m1/s1. The molecule has 0 amide bonds. The number of hydrogen-bond donors (Lipinski definition) is 2.